The molecule has 0 radical (unpaired) electrons. The van der Waals surface area contributed by atoms with E-state index in [2.05, 4.69) is 0 Å². The molecule has 0 aliphatic rings. The van der Waals surface area contributed by atoms with Crippen LogP contribution in [-0.2, 0) is 19.7 Å². The van der Waals surface area contributed by atoms with E-state index >= 15 is 0 Å². The Hall–Kier alpha value is -2.19. The summed E-state index contributed by atoms with van der Waals surface area (Å²) >= 11 is 0. The Balaban J connectivity index is 3.11. The van der Waals surface area contributed by atoms with E-state index in [1.165, 1.54) is 12.2 Å². The molecule has 0 aliphatic heterocycles. The fraction of sp³-hybridized carbons (Fsp3) is 0.231. The summed E-state index contributed by atoms with van der Waals surface area (Å²) in [4.78, 5) is 21.9. The molecule has 0 aromatic heterocycles. The van der Waals surface area contributed by atoms with Crippen molar-refractivity contribution in [1.82, 2.24) is 0 Å². The Morgan fingerprint density at radius 3 is 2.14 bits per heavy atom. The van der Waals surface area contributed by atoms with Crippen LogP contribution in [0, 0.1) is 0 Å². The molecule has 0 saturated heterocycles. The van der Waals surface area contributed by atoms with Crippen molar-refractivity contribution in [2.24, 2.45) is 0 Å². The zero-order valence-electron chi connectivity index (χ0n) is 10.8. The third kappa shape index (κ3) is 4.14. The monoisotopic (exact) mass is 314 g/mol. The van der Waals surface area contributed by atoms with Crippen LogP contribution < -0.4 is 0 Å². The Morgan fingerprint density at radius 2 is 1.71 bits per heavy atom. The molecule has 3 N–H and O–H groups in total. The summed E-state index contributed by atoms with van der Waals surface area (Å²) in [5.74, 6) is -3.55. The van der Waals surface area contributed by atoms with Crippen molar-refractivity contribution in [3.63, 3.8) is 0 Å². The van der Waals surface area contributed by atoms with Crippen molar-refractivity contribution in [3.8, 4) is 0 Å². The highest BCUT2D eigenvalue weighted by atomic mass is 32.2. The quantitative estimate of drug-likeness (QED) is 0.646. The second-order valence-electron chi connectivity index (χ2n) is 4.36. The lowest BCUT2D eigenvalue weighted by Crippen LogP contribution is -2.47. The Labute approximate surface area is 121 Å². The minimum absolute atomic E-state index is 0.664. The van der Waals surface area contributed by atoms with Crippen LogP contribution in [0.1, 0.15) is 18.4 Å². The van der Waals surface area contributed by atoms with Crippen molar-refractivity contribution < 1.29 is 32.8 Å². The van der Waals surface area contributed by atoms with Gasteiger partial charge in [0.25, 0.3) is 10.1 Å². The van der Waals surface area contributed by atoms with Crippen LogP contribution >= 0.6 is 0 Å². The number of hydrogen-bond donors (Lipinski definition) is 3. The number of carboxylic acids is 2. The largest absolute Gasteiger partial charge is 0.481 e. The molecule has 8 heteroatoms. The van der Waals surface area contributed by atoms with Gasteiger partial charge in [0, 0.05) is 0 Å². The fourth-order valence-electron chi connectivity index (χ4n) is 1.74. The molecule has 0 amide bonds. The van der Waals surface area contributed by atoms with Crippen LogP contribution in [0.5, 0.6) is 0 Å². The molecular formula is C13H14O7S. The van der Waals surface area contributed by atoms with Crippen LogP contribution in [-0.4, -0.2) is 39.9 Å². The molecule has 1 unspecified atom stereocenters. The maximum Gasteiger partial charge on any atom is 0.328 e. The van der Waals surface area contributed by atoms with Crippen molar-refractivity contribution in [2.75, 3.05) is 0 Å². The SMILES string of the molecule is O=C(O)CC(CC=Cc1ccccc1)(C(=O)O)S(=O)(=O)O. The average molecular weight is 314 g/mol. The summed E-state index contributed by atoms with van der Waals surface area (Å²) in [6.45, 7) is 0. The van der Waals surface area contributed by atoms with Crippen molar-refractivity contribution in [2.45, 2.75) is 17.6 Å². The molecule has 0 aliphatic carbocycles. The van der Waals surface area contributed by atoms with Gasteiger partial charge in [-0.1, -0.05) is 42.5 Å². The Bertz CT molecular complexity index is 648. The van der Waals surface area contributed by atoms with E-state index in [0.717, 1.165) is 0 Å². The molecule has 1 aromatic rings. The molecule has 1 atom stereocenters. The molecule has 1 rings (SSSR count). The van der Waals surface area contributed by atoms with Gasteiger partial charge >= 0.3 is 11.9 Å². The lowest BCUT2D eigenvalue weighted by Gasteiger charge is -2.22. The van der Waals surface area contributed by atoms with Gasteiger partial charge in [-0.05, 0) is 12.0 Å². The average Bonchev–Trinajstić information content (AvgIpc) is 2.36. The third-order valence-electron chi connectivity index (χ3n) is 2.88. The summed E-state index contributed by atoms with van der Waals surface area (Å²) in [5, 5.41) is 17.8. The van der Waals surface area contributed by atoms with Gasteiger partial charge in [0.2, 0.25) is 4.75 Å². The zero-order valence-corrected chi connectivity index (χ0v) is 11.7. The van der Waals surface area contributed by atoms with Gasteiger partial charge < -0.3 is 10.2 Å². The molecule has 0 fully saturated rings. The van der Waals surface area contributed by atoms with Crippen LogP contribution in [0.25, 0.3) is 6.08 Å². The first-order valence-electron chi connectivity index (χ1n) is 5.83. The van der Waals surface area contributed by atoms with Crippen LogP contribution in [0.3, 0.4) is 0 Å². The van der Waals surface area contributed by atoms with E-state index in [9.17, 15) is 18.0 Å². The normalized spacial score (nSPS) is 14.7. The number of allylic oxidation sites excluding steroid dienone is 1. The second-order valence-corrected chi connectivity index (χ2v) is 6.09. The number of benzene rings is 1. The predicted molar refractivity (Wildman–Crippen MR) is 74.3 cm³/mol. The van der Waals surface area contributed by atoms with E-state index < -0.39 is 39.6 Å². The summed E-state index contributed by atoms with van der Waals surface area (Å²) < 4.78 is 29.0. The first-order chi connectivity index (χ1) is 9.69. The second kappa shape index (κ2) is 6.51. The molecule has 114 valence electrons. The summed E-state index contributed by atoms with van der Waals surface area (Å²) in [6.07, 6.45) is 0.757. The van der Waals surface area contributed by atoms with Crippen LogP contribution in [0.4, 0.5) is 0 Å². The van der Waals surface area contributed by atoms with Crippen molar-refractivity contribution in [1.29, 1.82) is 0 Å². The predicted octanol–water partition coefficient (Wildman–Crippen LogP) is 1.28. The molecule has 0 spiro atoms. The van der Waals surface area contributed by atoms with Crippen LogP contribution in [0.2, 0.25) is 0 Å². The Kier molecular flexibility index (Phi) is 5.23. The zero-order chi connectivity index (χ0) is 16.1. The lowest BCUT2D eigenvalue weighted by atomic mass is 9.99. The number of aliphatic carboxylic acids is 2. The van der Waals surface area contributed by atoms with Gasteiger partial charge in [0.1, 0.15) is 0 Å². The number of rotatable bonds is 7. The standard InChI is InChI=1S/C13H14O7S/c14-11(15)9-13(12(16)17,21(18,19)20)8-4-7-10-5-2-1-3-6-10/h1-7H,8-9H2,(H,14,15)(H,16,17)(H,18,19,20). The number of carbonyl (C=O) groups is 2. The van der Waals surface area contributed by atoms with Crippen LogP contribution in [0.15, 0.2) is 36.4 Å². The first-order valence-corrected chi connectivity index (χ1v) is 7.27. The van der Waals surface area contributed by atoms with Gasteiger partial charge in [0.15, 0.2) is 0 Å². The minimum Gasteiger partial charge on any atom is -0.481 e. The van der Waals surface area contributed by atoms with E-state index in [-0.39, 0.29) is 0 Å². The Morgan fingerprint density at radius 1 is 1.14 bits per heavy atom. The molecule has 7 nitrogen and oxygen atoms in total. The smallest absolute Gasteiger partial charge is 0.328 e. The number of carboxylic acid groups (broad SMARTS) is 2. The van der Waals surface area contributed by atoms with Gasteiger partial charge in [-0.15, -0.1) is 0 Å². The highest BCUT2D eigenvalue weighted by molar-refractivity contribution is 7.88. The first kappa shape index (κ1) is 16.9. The summed E-state index contributed by atoms with van der Waals surface area (Å²) in [7, 11) is -5.11. The molecular weight excluding hydrogens is 300 g/mol. The molecule has 0 bridgehead atoms. The molecule has 21 heavy (non-hydrogen) atoms. The maximum absolute atomic E-state index is 11.4. The highest BCUT2D eigenvalue weighted by Gasteiger charge is 2.51. The van der Waals surface area contributed by atoms with Gasteiger partial charge in [-0.25, -0.2) is 0 Å². The maximum atomic E-state index is 11.4. The minimum atomic E-state index is -5.11. The van der Waals surface area contributed by atoms with Crippen molar-refractivity contribution >= 4 is 28.1 Å². The molecule has 0 saturated carbocycles. The highest BCUT2D eigenvalue weighted by Crippen LogP contribution is 2.27. The van der Waals surface area contributed by atoms with Gasteiger partial charge in [-0.2, -0.15) is 8.42 Å². The molecule has 1 aromatic carbocycles. The summed E-state index contributed by atoms with van der Waals surface area (Å²) in [6, 6.07) is 8.61. The van der Waals surface area contributed by atoms with E-state index in [0.29, 0.717) is 5.56 Å². The van der Waals surface area contributed by atoms with Gasteiger partial charge in [0.05, 0.1) is 6.42 Å². The lowest BCUT2D eigenvalue weighted by molar-refractivity contribution is -0.146. The topological polar surface area (TPSA) is 129 Å². The third-order valence-corrected chi connectivity index (χ3v) is 4.35. The van der Waals surface area contributed by atoms with Crippen molar-refractivity contribution in [3.05, 3.63) is 42.0 Å². The number of hydrogen-bond acceptors (Lipinski definition) is 4. The fourth-order valence-corrected chi connectivity index (χ4v) is 2.57. The van der Waals surface area contributed by atoms with Gasteiger partial charge in [-0.3, -0.25) is 14.1 Å². The van der Waals surface area contributed by atoms with E-state index in [1.807, 2.05) is 0 Å². The molecule has 0 heterocycles. The van der Waals surface area contributed by atoms with E-state index in [1.54, 1.807) is 30.3 Å². The van der Waals surface area contributed by atoms with E-state index in [4.69, 9.17) is 14.8 Å². The summed E-state index contributed by atoms with van der Waals surface area (Å²) in [5.41, 5.74) is 0.683.